The minimum Gasteiger partial charge on any atom is -0.358 e. The summed E-state index contributed by atoms with van der Waals surface area (Å²) in [5.41, 5.74) is 2.79. The van der Waals surface area contributed by atoms with Gasteiger partial charge in [0.15, 0.2) is 5.15 Å². The number of hydrogen-bond donors (Lipinski definition) is 1. The molecule has 1 fully saturated rings. The Bertz CT molecular complexity index is 1130. The summed E-state index contributed by atoms with van der Waals surface area (Å²) < 4.78 is 14.7. The Morgan fingerprint density at radius 1 is 1.17 bits per heavy atom. The molecule has 0 bridgehead atoms. The van der Waals surface area contributed by atoms with E-state index < -0.39 is 11.7 Å². The maximum absolute atomic E-state index is 14.7. The summed E-state index contributed by atoms with van der Waals surface area (Å²) >= 11 is 6.08. The molecule has 1 aliphatic heterocycles. The van der Waals surface area contributed by atoms with Gasteiger partial charge in [-0.15, -0.1) is 0 Å². The monoisotopic (exact) mass is 411 g/mol. The van der Waals surface area contributed by atoms with Crippen LogP contribution < -0.4 is 0 Å². The number of carbonyl (C=O) groups excluding carboxylic acids is 2. The third-order valence-corrected chi connectivity index (χ3v) is 5.57. The van der Waals surface area contributed by atoms with Crippen molar-refractivity contribution in [1.29, 1.82) is 0 Å². The van der Waals surface area contributed by atoms with Gasteiger partial charge in [0.05, 0.1) is 11.1 Å². The van der Waals surface area contributed by atoms with Gasteiger partial charge in [-0.1, -0.05) is 41.9 Å². The van der Waals surface area contributed by atoms with Gasteiger partial charge in [-0.2, -0.15) is 0 Å². The maximum Gasteiger partial charge on any atom is 0.295 e. The second-order valence-corrected chi connectivity index (χ2v) is 7.45. The van der Waals surface area contributed by atoms with Gasteiger partial charge in [0.25, 0.3) is 11.7 Å². The Labute approximate surface area is 172 Å². The van der Waals surface area contributed by atoms with Crippen LogP contribution in [0.25, 0.3) is 16.7 Å². The summed E-state index contributed by atoms with van der Waals surface area (Å²) in [4.78, 5) is 34.1. The highest BCUT2D eigenvalue weighted by molar-refractivity contribution is 6.45. The number of aromatic nitrogens is 2. The fraction of sp³-hybridized carbons (Fsp3) is 0.227. The van der Waals surface area contributed by atoms with E-state index in [9.17, 15) is 14.0 Å². The number of halogens is 2. The van der Waals surface area contributed by atoms with Crippen molar-refractivity contribution >= 4 is 40.0 Å². The minimum atomic E-state index is -0.599. The molecule has 5 nitrogen and oxygen atoms in total. The van der Waals surface area contributed by atoms with Crippen molar-refractivity contribution in [3.63, 3.8) is 0 Å². The molecule has 1 N–H and O–H groups in total. The number of ketones is 1. The van der Waals surface area contributed by atoms with Crippen LogP contribution in [0.5, 0.6) is 0 Å². The molecule has 0 saturated carbocycles. The van der Waals surface area contributed by atoms with Crippen LogP contribution in [0.1, 0.15) is 34.3 Å². The number of nitrogens with zero attached hydrogens (tertiary/aromatic N) is 2. The van der Waals surface area contributed by atoms with Crippen LogP contribution in [0.15, 0.2) is 48.3 Å². The molecular weight excluding hydrogens is 393 g/mol. The van der Waals surface area contributed by atoms with Gasteiger partial charge < -0.3 is 9.88 Å². The first-order valence-corrected chi connectivity index (χ1v) is 9.74. The first kappa shape index (κ1) is 19.3. The molecule has 1 amide bonds. The molecule has 2 aromatic heterocycles. The number of Topliss-reactive ketones (excluding diaryl/α,β-unsaturated/α-hetero) is 1. The minimum absolute atomic E-state index is 0.238. The van der Waals surface area contributed by atoms with E-state index in [1.165, 1.54) is 11.1 Å². The number of amides is 1. The normalized spacial score (nSPS) is 14.3. The summed E-state index contributed by atoms with van der Waals surface area (Å²) in [6, 6.07) is 8.87. The largest absolute Gasteiger partial charge is 0.358 e. The van der Waals surface area contributed by atoms with Crippen LogP contribution in [-0.4, -0.2) is 39.6 Å². The van der Waals surface area contributed by atoms with Gasteiger partial charge in [-0.3, -0.25) is 9.59 Å². The number of likely N-dealkylation sites (tertiary alicyclic amines) is 1. The van der Waals surface area contributed by atoms with E-state index in [-0.39, 0.29) is 16.5 Å². The number of aryl methyl sites for hydroxylation is 1. The van der Waals surface area contributed by atoms with Gasteiger partial charge in [0, 0.05) is 36.4 Å². The molecule has 148 valence electrons. The average molecular weight is 412 g/mol. The molecule has 1 saturated heterocycles. The molecule has 1 aliphatic rings. The first-order chi connectivity index (χ1) is 14.0. The Hall–Kier alpha value is -2.99. The highest BCUT2D eigenvalue weighted by Crippen LogP contribution is 2.30. The molecule has 0 aliphatic carbocycles. The number of nitrogens with one attached hydrogen (secondary N) is 1. The van der Waals surface area contributed by atoms with Crippen LogP contribution in [0.2, 0.25) is 5.15 Å². The molecule has 3 heterocycles. The second-order valence-electron chi connectivity index (χ2n) is 7.09. The predicted octanol–water partition coefficient (Wildman–Crippen LogP) is 4.71. The number of rotatable bonds is 3. The number of hydrogen-bond acceptors (Lipinski definition) is 3. The molecule has 1 aromatic carbocycles. The summed E-state index contributed by atoms with van der Waals surface area (Å²) in [5.74, 6) is -1.42. The number of aromatic amines is 1. The van der Waals surface area contributed by atoms with E-state index in [2.05, 4.69) is 9.97 Å². The molecule has 29 heavy (non-hydrogen) atoms. The van der Waals surface area contributed by atoms with Gasteiger partial charge >= 0.3 is 0 Å². The summed E-state index contributed by atoms with van der Waals surface area (Å²) in [6.07, 6.45) is 3.88. The van der Waals surface area contributed by atoms with Crippen LogP contribution in [0.4, 0.5) is 4.39 Å². The van der Waals surface area contributed by atoms with Gasteiger partial charge in [0.2, 0.25) is 0 Å². The standard InChI is InChI=1S/C22H19ClFN3O2/c1-13-11-26-21(23)19-17(13)16(12-25-19)20(28)22(29)27-9-7-15(8-10-27)18(24)14-5-3-2-4-6-14/h2-6,11-12,25H,7-10H2,1H3. The Balaban J connectivity index is 1.52. The Kier molecular flexibility index (Phi) is 5.20. The van der Waals surface area contributed by atoms with Gasteiger partial charge in [-0.25, -0.2) is 9.37 Å². The summed E-state index contributed by atoms with van der Waals surface area (Å²) in [7, 11) is 0. The number of fused-ring (bicyclic) bond motifs is 1. The summed E-state index contributed by atoms with van der Waals surface area (Å²) in [6.45, 7) is 2.43. The van der Waals surface area contributed by atoms with Crippen molar-refractivity contribution in [1.82, 2.24) is 14.9 Å². The molecule has 0 radical (unpaired) electrons. The predicted molar refractivity (Wildman–Crippen MR) is 110 cm³/mol. The number of H-pyrrole nitrogens is 1. The topological polar surface area (TPSA) is 66.1 Å². The molecule has 4 rings (SSSR count). The highest BCUT2D eigenvalue weighted by Gasteiger charge is 2.29. The number of pyridine rings is 1. The van der Waals surface area contributed by atoms with Crippen molar-refractivity contribution in [3.8, 4) is 0 Å². The lowest BCUT2D eigenvalue weighted by molar-refractivity contribution is -0.126. The Morgan fingerprint density at radius 2 is 1.86 bits per heavy atom. The number of benzene rings is 1. The van der Waals surface area contributed by atoms with Crippen LogP contribution in [-0.2, 0) is 4.79 Å². The van der Waals surface area contributed by atoms with Crippen molar-refractivity contribution in [2.75, 3.05) is 13.1 Å². The molecule has 0 atom stereocenters. The maximum atomic E-state index is 14.7. The van der Waals surface area contributed by atoms with Crippen LogP contribution in [0, 0.1) is 6.92 Å². The van der Waals surface area contributed by atoms with E-state index in [1.54, 1.807) is 30.5 Å². The fourth-order valence-electron chi connectivity index (χ4n) is 3.70. The lowest BCUT2D eigenvalue weighted by Gasteiger charge is -2.28. The number of piperidine rings is 1. The smallest absolute Gasteiger partial charge is 0.295 e. The SMILES string of the molecule is Cc1cnc(Cl)c2[nH]cc(C(=O)C(=O)N3CCC(=C(F)c4ccccc4)CC3)c12. The zero-order valence-corrected chi connectivity index (χ0v) is 16.6. The van der Waals surface area contributed by atoms with Gasteiger partial charge in [0.1, 0.15) is 5.83 Å². The lowest BCUT2D eigenvalue weighted by Crippen LogP contribution is -2.40. The molecule has 0 unspecified atom stereocenters. The van der Waals surface area contributed by atoms with E-state index in [4.69, 9.17) is 11.6 Å². The van der Waals surface area contributed by atoms with Gasteiger partial charge in [-0.05, 0) is 30.9 Å². The summed E-state index contributed by atoms with van der Waals surface area (Å²) in [5, 5.41) is 0.859. The van der Waals surface area contributed by atoms with Crippen molar-refractivity contribution < 1.29 is 14.0 Å². The third-order valence-electron chi connectivity index (χ3n) is 5.28. The zero-order chi connectivity index (χ0) is 20.5. The Morgan fingerprint density at radius 3 is 2.55 bits per heavy atom. The number of carbonyl (C=O) groups is 2. The third kappa shape index (κ3) is 3.56. The van der Waals surface area contributed by atoms with Crippen LogP contribution in [0.3, 0.4) is 0 Å². The highest BCUT2D eigenvalue weighted by atomic mass is 35.5. The molecule has 0 spiro atoms. The molecular formula is C22H19ClFN3O2. The molecule has 3 aromatic rings. The zero-order valence-electron chi connectivity index (χ0n) is 15.8. The van der Waals surface area contributed by atoms with Crippen molar-refractivity contribution in [2.24, 2.45) is 0 Å². The van der Waals surface area contributed by atoms with E-state index in [0.717, 1.165) is 5.56 Å². The second kappa shape index (κ2) is 7.79. The lowest BCUT2D eigenvalue weighted by atomic mass is 9.98. The van der Waals surface area contributed by atoms with Crippen molar-refractivity contribution in [2.45, 2.75) is 19.8 Å². The van der Waals surface area contributed by atoms with E-state index in [1.807, 2.05) is 13.0 Å². The van der Waals surface area contributed by atoms with E-state index >= 15 is 0 Å². The quantitative estimate of drug-likeness (QED) is 0.385. The first-order valence-electron chi connectivity index (χ1n) is 9.36. The fourth-order valence-corrected chi connectivity index (χ4v) is 3.90. The van der Waals surface area contributed by atoms with Crippen molar-refractivity contribution in [3.05, 3.63) is 70.1 Å². The van der Waals surface area contributed by atoms with Crippen LogP contribution >= 0.6 is 11.6 Å². The molecule has 7 heteroatoms. The average Bonchev–Trinajstić information content (AvgIpc) is 3.22. The van der Waals surface area contributed by atoms with E-state index in [0.29, 0.717) is 48.0 Å².